The molecule has 0 aliphatic rings. The fourth-order valence-electron chi connectivity index (χ4n) is 2.91. The molecule has 0 fully saturated rings. The van der Waals surface area contributed by atoms with Gasteiger partial charge < -0.3 is 9.47 Å². The topological polar surface area (TPSA) is 61.5 Å². The molecule has 0 spiro atoms. The highest BCUT2D eigenvalue weighted by molar-refractivity contribution is 7.16. The Morgan fingerprint density at radius 2 is 1.75 bits per heavy atom. The molecule has 4 aromatic rings. The fraction of sp³-hybridized carbons (Fsp3) is 0.286. The quantitative estimate of drug-likeness (QED) is 0.489. The van der Waals surface area contributed by atoms with Gasteiger partial charge in [-0.2, -0.15) is 9.61 Å². The molecule has 0 amide bonds. The first-order valence-electron chi connectivity index (χ1n) is 9.03. The van der Waals surface area contributed by atoms with Crippen LogP contribution >= 0.6 is 11.3 Å². The van der Waals surface area contributed by atoms with E-state index < -0.39 is 0 Å². The Balaban J connectivity index is 1.54. The lowest BCUT2D eigenvalue weighted by Crippen LogP contribution is -2.10. The van der Waals surface area contributed by atoms with Crippen molar-refractivity contribution >= 4 is 16.3 Å². The number of aromatic nitrogens is 4. The van der Waals surface area contributed by atoms with Gasteiger partial charge in [0.1, 0.15) is 18.1 Å². The van der Waals surface area contributed by atoms with Crippen LogP contribution in [-0.4, -0.2) is 26.9 Å². The highest BCUT2D eigenvalue weighted by atomic mass is 32.1. The predicted molar refractivity (Wildman–Crippen MR) is 110 cm³/mol. The molecule has 28 heavy (non-hydrogen) atoms. The highest BCUT2D eigenvalue weighted by Gasteiger charge is 2.17. The summed E-state index contributed by atoms with van der Waals surface area (Å²) in [5.41, 5.74) is 2.26. The van der Waals surface area contributed by atoms with Crippen LogP contribution < -0.4 is 9.47 Å². The predicted octanol–water partition coefficient (Wildman–Crippen LogP) is 4.74. The molecule has 144 valence electrons. The number of rotatable bonds is 5. The lowest BCUT2D eigenvalue weighted by molar-refractivity contribution is 0.304. The number of benzene rings is 2. The van der Waals surface area contributed by atoms with Gasteiger partial charge in [-0.05, 0) is 35.2 Å². The third-order valence-corrected chi connectivity index (χ3v) is 5.34. The summed E-state index contributed by atoms with van der Waals surface area (Å²) in [4.78, 5) is 0.725. The first-order chi connectivity index (χ1) is 13.5. The maximum Gasteiger partial charge on any atom is 0.235 e. The first-order valence-corrected chi connectivity index (χ1v) is 9.85. The number of fused-ring (bicyclic) bond motifs is 1. The van der Waals surface area contributed by atoms with Crippen molar-refractivity contribution in [1.82, 2.24) is 19.8 Å². The number of methoxy groups -OCH3 is 1. The summed E-state index contributed by atoms with van der Waals surface area (Å²) < 4.78 is 13.1. The van der Waals surface area contributed by atoms with Crippen LogP contribution in [0.1, 0.15) is 31.3 Å². The third kappa shape index (κ3) is 3.57. The van der Waals surface area contributed by atoms with E-state index >= 15 is 0 Å². The van der Waals surface area contributed by atoms with Crippen molar-refractivity contribution in [3.63, 3.8) is 0 Å². The second-order valence-corrected chi connectivity index (χ2v) is 8.52. The number of para-hydroxylation sites is 1. The van der Waals surface area contributed by atoms with Crippen LogP contribution in [0.25, 0.3) is 16.3 Å². The van der Waals surface area contributed by atoms with E-state index in [1.165, 1.54) is 16.9 Å². The van der Waals surface area contributed by atoms with Crippen molar-refractivity contribution in [2.24, 2.45) is 0 Å². The third-order valence-electron chi connectivity index (χ3n) is 4.46. The van der Waals surface area contributed by atoms with E-state index in [9.17, 15) is 0 Å². The zero-order valence-electron chi connectivity index (χ0n) is 16.3. The summed E-state index contributed by atoms with van der Waals surface area (Å²) in [6.45, 7) is 6.97. The average Bonchev–Trinajstić information content (AvgIpc) is 3.26. The highest BCUT2D eigenvalue weighted by Crippen LogP contribution is 2.30. The van der Waals surface area contributed by atoms with Gasteiger partial charge in [0.05, 0.1) is 12.7 Å². The summed E-state index contributed by atoms with van der Waals surface area (Å²) in [6.07, 6.45) is 0. The van der Waals surface area contributed by atoms with Crippen molar-refractivity contribution in [3.8, 4) is 22.9 Å². The van der Waals surface area contributed by atoms with Gasteiger partial charge in [-0.25, -0.2) is 0 Å². The molecule has 0 atom stereocenters. The van der Waals surface area contributed by atoms with E-state index in [1.54, 1.807) is 11.6 Å². The SMILES string of the molecule is COc1ccccc1-c1nnc2sc(COc3ccc(C(C)(C)C)cc3)nn12. The maximum absolute atomic E-state index is 5.91. The van der Waals surface area contributed by atoms with E-state index in [-0.39, 0.29) is 5.41 Å². The number of hydrogen-bond acceptors (Lipinski definition) is 6. The number of hydrogen-bond donors (Lipinski definition) is 0. The molecule has 0 saturated carbocycles. The molecular formula is C21H22N4O2S. The van der Waals surface area contributed by atoms with Crippen molar-refractivity contribution in [1.29, 1.82) is 0 Å². The second kappa shape index (κ2) is 7.24. The molecular weight excluding hydrogens is 372 g/mol. The first kappa shape index (κ1) is 18.4. The number of nitrogens with zero attached hydrogens (tertiary/aromatic N) is 4. The minimum absolute atomic E-state index is 0.126. The van der Waals surface area contributed by atoms with Crippen molar-refractivity contribution in [2.75, 3.05) is 7.11 Å². The van der Waals surface area contributed by atoms with Crippen LogP contribution in [0.5, 0.6) is 11.5 Å². The van der Waals surface area contributed by atoms with Crippen LogP contribution in [0.15, 0.2) is 48.5 Å². The van der Waals surface area contributed by atoms with Gasteiger partial charge in [-0.15, -0.1) is 10.2 Å². The van der Waals surface area contributed by atoms with Gasteiger partial charge >= 0.3 is 0 Å². The van der Waals surface area contributed by atoms with E-state index in [0.717, 1.165) is 27.0 Å². The summed E-state index contributed by atoms with van der Waals surface area (Å²) in [7, 11) is 1.64. The minimum atomic E-state index is 0.126. The Kier molecular flexibility index (Phi) is 4.77. The summed E-state index contributed by atoms with van der Waals surface area (Å²) in [5.74, 6) is 2.22. The molecule has 6 nitrogen and oxygen atoms in total. The second-order valence-electron chi connectivity index (χ2n) is 7.48. The smallest absolute Gasteiger partial charge is 0.235 e. The van der Waals surface area contributed by atoms with Crippen molar-refractivity contribution in [2.45, 2.75) is 32.8 Å². The molecule has 0 N–H and O–H groups in total. The zero-order valence-corrected chi connectivity index (χ0v) is 17.2. The Labute approximate surface area is 167 Å². The summed E-state index contributed by atoms with van der Waals surface area (Å²) >= 11 is 1.47. The Morgan fingerprint density at radius 3 is 2.46 bits per heavy atom. The molecule has 0 aliphatic carbocycles. The Bertz CT molecular complexity index is 1090. The summed E-state index contributed by atoms with van der Waals surface area (Å²) in [6, 6.07) is 15.9. The molecule has 0 aliphatic heterocycles. The Hall–Kier alpha value is -2.93. The van der Waals surface area contributed by atoms with Gasteiger partial charge in [-0.3, -0.25) is 0 Å². The zero-order chi connectivity index (χ0) is 19.7. The van der Waals surface area contributed by atoms with Crippen molar-refractivity contribution < 1.29 is 9.47 Å². The molecule has 2 aromatic heterocycles. The van der Waals surface area contributed by atoms with Crippen LogP contribution in [0.4, 0.5) is 0 Å². The van der Waals surface area contributed by atoms with Gasteiger partial charge in [0, 0.05) is 0 Å². The van der Waals surface area contributed by atoms with Crippen LogP contribution in [0.2, 0.25) is 0 Å². The lowest BCUT2D eigenvalue weighted by Gasteiger charge is -2.19. The van der Waals surface area contributed by atoms with Gasteiger partial charge in [-0.1, -0.05) is 56.4 Å². The van der Waals surface area contributed by atoms with Crippen molar-refractivity contribution in [3.05, 3.63) is 59.1 Å². The molecule has 7 heteroatoms. The Morgan fingerprint density at radius 1 is 1.00 bits per heavy atom. The fourth-order valence-corrected chi connectivity index (χ4v) is 3.65. The van der Waals surface area contributed by atoms with E-state index in [2.05, 4.69) is 48.2 Å². The molecule has 0 saturated heterocycles. The normalized spacial score (nSPS) is 11.7. The monoisotopic (exact) mass is 394 g/mol. The minimum Gasteiger partial charge on any atom is -0.496 e. The van der Waals surface area contributed by atoms with E-state index in [0.29, 0.717) is 12.4 Å². The molecule has 2 aromatic carbocycles. The molecule has 0 radical (unpaired) electrons. The maximum atomic E-state index is 5.91. The average molecular weight is 395 g/mol. The van der Waals surface area contributed by atoms with E-state index in [1.807, 2.05) is 36.4 Å². The molecule has 2 heterocycles. The summed E-state index contributed by atoms with van der Waals surface area (Å²) in [5, 5.41) is 14.0. The molecule has 4 rings (SSSR count). The van der Waals surface area contributed by atoms with E-state index in [4.69, 9.17) is 9.47 Å². The molecule has 0 bridgehead atoms. The van der Waals surface area contributed by atoms with Gasteiger partial charge in [0.25, 0.3) is 0 Å². The van der Waals surface area contributed by atoms with Gasteiger partial charge in [0.2, 0.25) is 4.96 Å². The largest absolute Gasteiger partial charge is 0.496 e. The van der Waals surface area contributed by atoms with Crippen LogP contribution in [0.3, 0.4) is 0 Å². The van der Waals surface area contributed by atoms with Crippen LogP contribution in [0, 0.1) is 0 Å². The molecule has 0 unspecified atom stereocenters. The lowest BCUT2D eigenvalue weighted by atomic mass is 9.87. The standard InChI is InChI=1S/C21H22N4O2S/c1-21(2,3)14-9-11-15(12-10-14)27-13-18-24-25-19(22-23-20(25)28-18)16-7-5-6-8-17(16)26-4/h5-12H,13H2,1-4H3. The number of ether oxygens (including phenoxy) is 2. The van der Waals surface area contributed by atoms with Crippen LogP contribution in [-0.2, 0) is 12.0 Å². The van der Waals surface area contributed by atoms with Gasteiger partial charge in [0.15, 0.2) is 10.8 Å².